The van der Waals surface area contributed by atoms with Crippen molar-refractivity contribution in [2.75, 3.05) is 29.5 Å². The monoisotopic (exact) mass is 205 g/mol. The van der Waals surface area contributed by atoms with E-state index in [9.17, 15) is 0 Å². The summed E-state index contributed by atoms with van der Waals surface area (Å²) >= 11 is 0. The zero-order valence-corrected chi connectivity index (χ0v) is 9.24. The van der Waals surface area contributed by atoms with Crippen LogP contribution in [0.4, 0.5) is 17.1 Å². The summed E-state index contributed by atoms with van der Waals surface area (Å²) in [4.78, 5) is 2.38. The maximum absolute atomic E-state index is 5.80. The molecule has 0 saturated carbocycles. The molecule has 0 bridgehead atoms. The summed E-state index contributed by atoms with van der Waals surface area (Å²) in [7, 11) is 0. The molecular weight excluding hydrogens is 186 g/mol. The van der Waals surface area contributed by atoms with Gasteiger partial charge in [-0.1, -0.05) is 6.92 Å². The number of nitrogens with zero attached hydrogens (tertiary/aromatic N) is 1. The first kappa shape index (κ1) is 10.1. The fourth-order valence-corrected chi connectivity index (χ4v) is 2.03. The number of benzene rings is 1. The minimum absolute atomic E-state index is 0.670. The molecule has 0 atom stereocenters. The van der Waals surface area contributed by atoms with Crippen LogP contribution in [0, 0.1) is 5.92 Å². The average Bonchev–Trinajstić information content (AvgIpc) is 2.23. The van der Waals surface area contributed by atoms with Gasteiger partial charge in [-0.3, -0.25) is 0 Å². The highest BCUT2D eigenvalue weighted by Crippen LogP contribution is 2.26. The highest BCUT2D eigenvalue weighted by atomic mass is 15.1. The lowest BCUT2D eigenvalue weighted by atomic mass is 9.99. The van der Waals surface area contributed by atoms with Crippen LogP contribution in [-0.2, 0) is 0 Å². The Morgan fingerprint density at radius 2 is 1.80 bits per heavy atom. The van der Waals surface area contributed by atoms with Gasteiger partial charge >= 0.3 is 0 Å². The molecule has 0 aromatic heterocycles. The SMILES string of the molecule is CC1CCN(c2ccc(N)c(N)c2)CC1. The lowest BCUT2D eigenvalue weighted by Crippen LogP contribution is -2.32. The third-order valence-electron chi connectivity index (χ3n) is 3.22. The second-order valence-corrected chi connectivity index (χ2v) is 4.48. The van der Waals surface area contributed by atoms with Gasteiger partial charge in [-0.05, 0) is 37.0 Å². The third-order valence-corrected chi connectivity index (χ3v) is 3.22. The van der Waals surface area contributed by atoms with Crippen LogP contribution < -0.4 is 16.4 Å². The van der Waals surface area contributed by atoms with Crippen molar-refractivity contribution in [3.05, 3.63) is 18.2 Å². The normalized spacial score (nSPS) is 18.1. The first-order valence-corrected chi connectivity index (χ1v) is 5.57. The summed E-state index contributed by atoms with van der Waals surface area (Å²) in [5.74, 6) is 0.854. The molecule has 0 spiro atoms. The van der Waals surface area contributed by atoms with E-state index in [4.69, 9.17) is 11.5 Å². The van der Waals surface area contributed by atoms with Crippen LogP contribution in [-0.4, -0.2) is 13.1 Å². The Bertz CT molecular complexity index is 341. The molecule has 0 amide bonds. The van der Waals surface area contributed by atoms with Gasteiger partial charge in [-0.2, -0.15) is 0 Å². The molecule has 1 fully saturated rings. The van der Waals surface area contributed by atoms with Crippen LogP contribution >= 0.6 is 0 Å². The number of piperidine rings is 1. The minimum Gasteiger partial charge on any atom is -0.397 e. The summed E-state index contributed by atoms with van der Waals surface area (Å²) < 4.78 is 0. The first-order chi connectivity index (χ1) is 7.16. The number of nitrogen functional groups attached to an aromatic ring is 2. The molecule has 1 aromatic carbocycles. The first-order valence-electron chi connectivity index (χ1n) is 5.57. The van der Waals surface area contributed by atoms with Gasteiger partial charge in [0.25, 0.3) is 0 Å². The predicted octanol–water partition coefficient (Wildman–Crippen LogP) is 2.09. The molecule has 3 heteroatoms. The zero-order valence-electron chi connectivity index (χ0n) is 9.24. The van der Waals surface area contributed by atoms with Crippen molar-refractivity contribution >= 4 is 17.1 Å². The van der Waals surface area contributed by atoms with E-state index >= 15 is 0 Å². The molecule has 1 heterocycles. The number of nitrogens with two attached hydrogens (primary N) is 2. The highest BCUT2D eigenvalue weighted by Gasteiger charge is 2.16. The van der Waals surface area contributed by atoms with E-state index in [-0.39, 0.29) is 0 Å². The van der Waals surface area contributed by atoms with Crippen molar-refractivity contribution in [1.29, 1.82) is 0 Å². The van der Waals surface area contributed by atoms with Gasteiger partial charge in [0, 0.05) is 18.8 Å². The van der Waals surface area contributed by atoms with Gasteiger partial charge in [0.15, 0.2) is 0 Å². The van der Waals surface area contributed by atoms with Crippen LogP contribution in [0.15, 0.2) is 18.2 Å². The van der Waals surface area contributed by atoms with Crippen LogP contribution in [0.3, 0.4) is 0 Å². The average molecular weight is 205 g/mol. The lowest BCUT2D eigenvalue weighted by Gasteiger charge is -2.32. The van der Waals surface area contributed by atoms with E-state index in [0.29, 0.717) is 11.4 Å². The predicted molar refractivity (Wildman–Crippen MR) is 65.9 cm³/mol. The van der Waals surface area contributed by atoms with Crippen molar-refractivity contribution in [2.45, 2.75) is 19.8 Å². The Morgan fingerprint density at radius 1 is 1.13 bits per heavy atom. The smallest absolute Gasteiger partial charge is 0.0568 e. The Balaban J connectivity index is 2.12. The van der Waals surface area contributed by atoms with E-state index in [0.717, 1.165) is 19.0 Å². The Kier molecular flexibility index (Phi) is 2.71. The van der Waals surface area contributed by atoms with Gasteiger partial charge in [-0.25, -0.2) is 0 Å². The maximum atomic E-state index is 5.80. The molecule has 1 saturated heterocycles. The summed E-state index contributed by atoms with van der Waals surface area (Å²) in [5.41, 5.74) is 14.1. The highest BCUT2D eigenvalue weighted by molar-refractivity contribution is 5.69. The van der Waals surface area contributed by atoms with Crippen molar-refractivity contribution < 1.29 is 0 Å². The lowest BCUT2D eigenvalue weighted by molar-refractivity contribution is 0.438. The fraction of sp³-hybridized carbons (Fsp3) is 0.500. The Morgan fingerprint density at radius 3 is 2.40 bits per heavy atom. The third kappa shape index (κ3) is 2.17. The summed E-state index contributed by atoms with van der Waals surface area (Å²) in [6, 6.07) is 5.93. The van der Waals surface area contributed by atoms with Gasteiger partial charge < -0.3 is 16.4 Å². The van der Waals surface area contributed by atoms with Crippen LogP contribution in [0.25, 0.3) is 0 Å². The molecule has 4 N–H and O–H groups in total. The largest absolute Gasteiger partial charge is 0.397 e. The van der Waals surface area contributed by atoms with Crippen molar-refractivity contribution in [3.8, 4) is 0 Å². The van der Waals surface area contributed by atoms with Gasteiger partial charge in [0.1, 0.15) is 0 Å². The minimum atomic E-state index is 0.670. The van der Waals surface area contributed by atoms with E-state index in [1.807, 2.05) is 12.1 Å². The molecule has 1 aliphatic rings. The second kappa shape index (κ2) is 4.01. The molecule has 0 unspecified atom stereocenters. The molecule has 2 rings (SSSR count). The van der Waals surface area contributed by atoms with Gasteiger partial charge in [0.2, 0.25) is 0 Å². The van der Waals surface area contributed by atoms with Crippen LogP contribution in [0.2, 0.25) is 0 Å². The Hall–Kier alpha value is -1.38. The zero-order chi connectivity index (χ0) is 10.8. The van der Waals surface area contributed by atoms with Crippen LogP contribution in [0.1, 0.15) is 19.8 Å². The van der Waals surface area contributed by atoms with E-state index in [1.165, 1.54) is 18.5 Å². The molecule has 0 aliphatic carbocycles. The number of hydrogen-bond donors (Lipinski definition) is 2. The number of anilines is 3. The van der Waals surface area contributed by atoms with Crippen molar-refractivity contribution in [1.82, 2.24) is 0 Å². The van der Waals surface area contributed by atoms with Crippen molar-refractivity contribution in [2.24, 2.45) is 5.92 Å². The van der Waals surface area contributed by atoms with E-state index < -0.39 is 0 Å². The topological polar surface area (TPSA) is 55.3 Å². The summed E-state index contributed by atoms with van der Waals surface area (Å²) in [5, 5.41) is 0. The standard InChI is InChI=1S/C12H19N3/c1-9-4-6-15(7-5-9)10-2-3-11(13)12(14)8-10/h2-3,8-9H,4-7,13-14H2,1H3. The fourth-order valence-electron chi connectivity index (χ4n) is 2.03. The van der Waals surface area contributed by atoms with Gasteiger partial charge in [-0.15, -0.1) is 0 Å². The molecule has 0 radical (unpaired) electrons. The molecule has 1 aromatic rings. The second-order valence-electron chi connectivity index (χ2n) is 4.48. The summed E-state index contributed by atoms with van der Waals surface area (Å²) in [6.45, 7) is 4.57. The summed E-state index contributed by atoms with van der Waals surface area (Å²) in [6.07, 6.45) is 2.54. The molecule has 15 heavy (non-hydrogen) atoms. The molecular formula is C12H19N3. The van der Waals surface area contributed by atoms with E-state index in [2.05, 4.69) is 17.9 Å². The quantitative estimate of drug-likeness (QED) is 0.690. The van der Waals surface area contributed by atoms with Crippen molar-refractivity contribution in [3.63, 3.8) is 0 Å². The number of rotatable bonds is 1. The molecule has 82 valence electrons. The van der Waals surface area contributed by atoms with Gasteiger partial charge in [0.05, 0.1) is 11.4 Å². The maximum Gasteiger partial charge on any atom is 0.0568 e. The molecule has 1 aliphatic heterocycles. The van der Waals surface area contributed by atoms with Crippen LogP contribution in [0.5, 0.6) is 0 Å². The number of hydrogen-bond acceptors (Lipinski definition) is 3. The van der Waals surface area contributed by atoms with E-state index in [1.54, 1.807) is 0 Å². The molecule has 3 nitrogen and oxygen atoms in total. The Labute approximate surface area is 91.1 Å².